The zero-order chi connectivity index (χ0) is 37.2. The van der Waals surface area contributed by atoms with Crippen molar-refractivity contribution in [3.05, 3.63) is 48.5 Å². The number of alkyl carbamates (subject to hydrolysis) is 1. The molecule has 0 saturated heterocycles. The van der Waals surface area contributed by atoms with Gasteiger partial charge in [-0.1, -0.05) is 25.7 Å². The Bertz CT molecular complexity index is 1560. The number of carbonyl (C=O) groups excluding carboxylic acids is 2. The molecule has 3 amide bonds. The summed E-state index contributed by atoms with van der Waals surface area (Å²) in [6.45, 7) is 7.21. The van der Waals surface area contributed by atoms with E-state index in [0.29, 0.717) is 47.6 Å². The molecule has 0 bridgehead atoms. The van der Waals surface area contributed by atoms with Crippen LogP contribution in [0.5, 0.6) is 34.5 Å². The molecule has 0 aliphatic rings. The number of nitrogens with one attached hydrogen (secondary N) is 3. The van der Waals surface area contributed by atoms with E-state index in [1.807, 2.05) is 69.3 Å². The lowest BCUT2D eigenvalue weighted by Gasteiger charge is -2.20. The first-order valence-electron chi connectivity index (χ1n) is 17.3. The summed E-state index contributed by atoms with van der Waals surface area (Å²) in [7, 11) is 8.04. The standard InChI is InChI=1S/C39H55N3O9/c1-39(2,3)51-38(44)42-20-14-12-10-9-11-13-19-40-37(43)41-21-22-50-36-26-31(29-23-27(45-4)15-17-33(29)47-6)35(49-8)25-32(36)30-24-28(46-5)16-18-34(30)48-7/h15-18,23-26H,9-14,19-22H2,1-8H3,(H,42,44)(H2,40,41,43). The maximum absolute atomic E-state index is 12.5. The third kappa shape index (κ3) is 13.0. The van der Waals surface area contributed by atoms with E-state index in [4.69, 9.17) is 33.2 Å². The van der Waals surface area contributed by atoms with Crippen molar-refractivity contribution in [2.75, 3.05) is 61.8 Å². The lowest BCUT2D eigenvalue weighted by Crippen LogP contribution is -2.38. The van der Waals surface area contributed by atoms with Crippen LogP contribution in [0.3, 0.4) is 0 Å². The number of carbonyl (C=O) groups is 2. The fraction of sp³-hybridized carbons (Fsp3) is 0.487. The van der Waals surface area contributed by atoms with Gasteiger partial charge in [0.2, 0.25) is 0 Å². The highest BCUT2D eigenvalue weighted by atomic mass is 16.6. The summed E-state index contributed by atoms with van der Waals surface area (Å²) < 4.78 is 39.8. The van der Waals surface area contributed by atoms with Crippen LogP contribution < -0.4 is 44.4 Å². The monoisotopic (exact) mass is 709 g/mol. The van der Waals surface area contributed by atoms with Gasteiger partial charge in [0.25, 0.3) is 0 Å². The molecule has 0 saturated carbocycles. The molecule has 3 rings (SSSR count). The Hall–Kier alpha value is -5.00. The fourth-order valence-corrected chi connectivity index (χ4v) is 5.37. The van der Waals surface area contributed by atoms with E-state index >= 15 is 0 Å². The van der Waals surface area contributed by atoms with Crippen LogP contribution in [0, 0.1) is 0 Å². The van der Waals surface area contributed by atoms with E-state index in [1.165, 1.54) is 0 Å². The van der Waals surface area contributed by atoms with E-state index in [-0.39, 0.29) is 25.3 Å². The van der Waals surface area contributed by atoms with Crippen molar-refractivity contribution in [3.8, 4) is 56.8 Å². The van der Waals surface area contributed by atoms with Crippen LogP contribution in [-0.4, -0.2) is 79.5 Å². The third-order valence-corrected chi connectivity index (χ3v) is 7.90. The average molecular weight is 710 g/mol. The topological polar surface area (TPSA) is 135 Å². The Morgan fingerprint density at radius 2 is 0.980 bits per heavy atom. The van der Waals surface area contributed by atoms with Gasteiger partial charge in [0, 0.05) is 35.3 Å². The molecular weight excluding hydrogens is 654 g/mol. The van der Waals surface area contributed by atoms with Crippen LogP contribution in [0.25, 0.3) is 22.3 Å². The molecular formula is C39H55N3O9. The molecule has 12 nitrogen and oxygen atoms in total. The molecule has 0 spiro atoms. The molecule has 280 valence electrons. The van der Waals surface area contributed by atoms with Gasteiger partial charge in [0.15, 0.2) is 0 Å². The van der Waals surface area contributed by atoms with Crippen LogP contribution in [0.2, 0.25) is 0 Å². The van der Waals surface area contributed by atoms with E-state index < -0.39 is 5.60 Å². The third-order valence-electron chi connectivity index (χ3n) is 7.90. The number of hydrogen-bond donors (Lipinski definition) is 3. The van der Waals surface area contributed by atoms with Crippen LogP contribution in [0.1, 0.15) is 59.3 Å². The molecule has 0 atom stereocenters. The highest BCUT2D eigenvalue weighted by Gasteiger charge is 2.21. The van der Waals surface area contributed by atoms with E-state index in [2.05, 4.69) is 16.0 Å². The second-order valence-electron chi connectivity index (χ2n) is 12.8. The predicted molar refractivity (Wildman–Crippen MR) is 199 cm³/mol. The number of rotatable bonds is 20. The van der Waals surface area contributed by atoms with Gasteiger partial charge in [-0.3, -0.25) is 0 Å². The first kappa shape index (κ1) is 40.4. The Kier molecular flexibility index (Phi) is 16.3. The first-order valence-corrected chi connectivity index (χ1v) is 17.3. The molecule has 0 heterocycles. The minimum atomic E-state index is -0.490. The Labute approximate surface area is 302 Å². The minimum Gasteiger partial charge on any atom is -0.497 e. The van der Waals surface area contributed by atoms with Crippen molar-refractivity contribution in [1.82, 2.24) is 16.0 Å². The van der Waals surface area contributed by atoms with Crippen LogP contribution in [0.15, 0.2) is 48.5 Å². The van der Waals surface area contributed by atoms with Gasteiger partial charge in [-0.05, 0) is 82.1 Å². The highest BCUT2D eigenvalue weighted by molar-refractivity contribution is 5.86. The van der Waals surface area contributed by atoms with Gasteiger partial charge in [0.05, 0.1) is 42.1 Å². The molecule has 0 aromatic heterocycles. The number of unbranched alkanes of at least 4 members (excludes halogenated alkanes) is 5. The van der Waals surface area contributed by atoms with Gasteiger partial charge in [-0.2, -0.15) is 0 Å². The van der Waals surface area contributed by atoms with Crippen LogP contribution in [-0.2, 0) is 4.74 Å². The fourth-order valence-electron chi connectivity index (χ4n) is 5.37. The number of urea groups is 1. The number of methoxy groups -OCH3 is 5. The molecule has 3 aromatic carbocycles. The summed E-state index contributed by atoms with van der Waals surface area (Å²) in [6.07, 6.45) is 5.59. The van der Waals surface area contributed by atoms with E-state index in [0.717, 1.165) is 60.8 Å². The molecule has 51 heavy (non-hydrogen) atoms. The van der Waals surface area contributed by atoms with Crippen molar-refractivity contribution in [2.45, 2.75) is 64.9 Å². The summed E-state index contributed by atoms with van der Waals surface area (Å²) in [5, 5.41) is 8.58. The maximum Gasteiger partial charge on any atom is 0.407 e. The number of ether oxygens (including phenoxy) is 7. The Morgan fingerprint density at radius 3 is 1.49 bits per heavy atom. The number of hydrogen-bond acceptors (Lipinski definition) is 9. The Morgan fingerprint density at radius 1 is 0.529 bits per heavy atom. The zero-order valence-corrected chi connectivity index (χ0v) is 31.4. The predicted octanol–water partition coefficient (Wildman–Crippen LogP) is 7.61. The molecule has 0 aliphatic heterocycles. The molecule has 0 fully saturated rings. The molecule has 0 unspecified atom stereocenters. The molecule has 0 aliphatic carbocycles. The number of amides is 3. The van der Waals surface area contributed by atoms with Crippen molar-refractivity contribution < 1.29 is 42.7 Å². The number of benzene rings is 3. The first-order chi connectivity index (χ1) is 24.5. The van der Waals surface area contributed by atoms with Gasteiger partial charge in [-0.25, -0.2) is 9.59 Å². The Balaban J connectivity index is 1.58. The van der Waals surface area contributed by atoms with Gasteiger partial charge < -0.3 is 49.1 Å². The molecule has 0 radical (unpaired) electrons. The molecule has 3 aromatic rings. The largest absolute Gasteiger partial charge is 0.497 e. The average Bonchev–Trinajstić information content (AvgIpc) is 3.12. The minimum absolute atomic E-state index is 0.205. The zero-order valence-electron chi connectivity index (χ0n) is 31.4. The molecule has 3 N–H and O–H groups in total. The van der Waals surface area contributed by atoms with Crippen LogP contribution in [0.4, 0.5) is 9.59 Å². The maximum atomic E-state index is 12.5. The smallest absolute Gasteiger partial charge is 0.407 e. The molecule has 12 heteroatoms. The SMILES string of the molecule is COc1ccc(OC)c(-c2cc(OCCNC(=O)NCCCCCCCCNC(=O)OC(C)(C)C)c(-c3cc(OC)ccc3OC)cc2OC)c1. The summed E-state index contributed by atoms with van der Waals surface area (Å²) in [5.74, 6) is 3.71. The van der Waals surface area contributed by atoms with Crippen LogP contribution >= 0.6 is 0 Å². The normalized spacial score (nSPS) is 10.9. The van der Waals surface area contributed by atoms with Gasteiger partial charge in [0.1, 0.15) is 46.7 Å². The lowest BCUT2D eigenvalue weighted by atomic mass is 9.96. The van der Waals surface area contributed by atoms with Crippen molar-refractivity contribution in [2.24, 2.45) is 0 Å². The summed E-state index contributed by atoms with van der Waals surface area (Å²) in [4.78, 5) is 24.2. The summed E-state index contributed by atoms with van der Waals surface area (Å²) in [5.41, 5.74) is 2.47. The summed E-state index contributed by atoms with van der Waals surface area (Å²) in [6, 6.07) is 14.6. The van der Waals surface area contributed by atoms with E-state index in [9.17, 15) is 9.59 Å². The second kappa shape index (κ2) is 20.6. The highest BCUT2D eigenvalue weighted by Crippen LogP contribution is 2.47. The quantitative estimate of drug-likeness (QED) is 0.101. The van der Waals surface area contributed by atoms with Crippen molar-refractivity contribution in [3.63, 3.8) is 0 Å². The summed E-state index contributed by atoms with van der Waals surface area (Å²) >= 11 is 0. The lowest BCUT2D eigenvalue weighted by molar-refractivity contribution is 0.0527. The van der Waals surface area contributed by atoms with E-state index in [1.54, 1.807) is 35.5 Å². The van der Waals surface area contributed by atoms with Crippen molar-refractivity contribution in [1.29, 1.82) is 0 Å². The van der Waals surface area contributed by atoms with Gasteiger partial charge >= 0.3 is 12.1 Å². The van der Waals surface area contributed by atoms with Gasteiger partial charge in [-0.15, -0.1) is 0 Å². The second-order valence-corrected chi connectivity index (χ2v) is 12.8. The van der Waals surface area contributed by atoms with Crippen molar-refractivity contribution >= 4 is 12.1 Å².